The minimum atomic E-state index is 0.257. The van der Waals surface area contributed by atoms with Crippen molar-refractivity contribution < 1.29 is 0 Å². The highest BCUT2D eigenvalue weighted by atomic mass is 15.3. The number of nitrogens with zero attached hydrogens (tertiary/aromatic N) is 3. The van der Waals surface area contributed by atoms with E-state index in [2.05, 4.69) is 47.1 Å². The summed E-state index contributed by atoms with van der Waals surface area (Å²) in [5.74, 6) is 0.257. The molecule has 20 heavy (non-hydrogen) atoms. The first-order chi connectivity index (χ1) is 9.80. The number of hydrogen-bond acceptors (Lipinski definition) is 3. The molecular weight excluding hydrogens is 246 g/mol. The van der Waals surface area contributed by atoms with Crippen LogP contribution in [0, 0.1) is 17.2 Å². The van der Waals surface area contributed by atoms with Gasteiger partial charge in [0.15, 0.2) is 0 Å². The minimum absolute atomic E-state index is 0.257. The largest absolute Gasteiger partial charge is 0.370 e. The highest BCUT2D eigenvalue weighted by molar-refractivity contribution is 5.48. The van der Waals surface area contributed by atoms with E-state index in [0.29, 0.717) is 6.04 Å². The zero-order valence-corrected chi connectivity index (χ0v) is 12.3. The maximum absolute atomic E-state index is 9.02. The first-order valence-electron chi connectivity index (χ1n) is 7.77. The second-order valence-electron chi connectivity index (χ2n) is 6.02. The molecule has 0 bridgehead atoms. The molecule has 2 unspecified atom stereocenters. The van der Waals surface area contributed by atoms with Crippen LogP contribution >= 0.6 is 0 Å². The van der Waals surface area contributed by atoms with Crippen LogP contribution in [0.25, 0.3) is 0 Å². The smallest absolute Gasteiger partial charge is 0.0669 e. The number of rotatable bonds is 3. The van der Waals surface area contributed by atoms with Gasteiger partial charge in [0.1, 0.15) is 0 Å². The zero-order valence-electron chi connectivity index (χ0n) is 12.3. The summed E-state index contributed by atoms with van der Waals surface area (Å²) in [7, 11) is 0. The number of likely N-dealkylation sites (tertiary alicyclic amines) is 1. The average Bonchev–Trinajstić information content (AvgIpc) is 3.16. The van der Waals surface area contributed by atoms with E-state index < -0.39 is 0 Å². The van der Waals surface area contributed by atoms with Crippen LogP contribution in [0.4, 0.5) is 5.69 Å². The molecule has 0 spiro atoms. The van der Waals surface area contributed by atoms with E-state index in [1.54, 1.807) is 0 Å². The summed E-state index contributed by atoms with van der Waals surface area (Å²) < 4.78 is 0. The Bertz CT molecular complexity index is 488. The van der Waals surface area contributed by atoms with Crippen molar-refractivity contribution in [1.29, 1.82) is 5.26 Å². The minimum Gasteiger partial charge on any atom is -0.370 e. The summed E-state index contributed by atoms with van der Waals surface area (Å²) in [6.07, 6.45) is 3.39. The fourth-order valence-electron chi connectivity index (χ4n) is 3.44. The number of anilines is 1. The third kappa shape index (κ3) is 2.66. The molecule has 0 aromatic heterocycles. The van der Waals surface area contributed by atoms with Gasteiger partial charge in [0.2, 0.25) is 0 Å². The van der Waals surface area contributed by atoms with E-state index in [1.807, 2.05) is 0 Å². The van der Waals surface area contributed by atoms with Crippen LogP contribution in [0.5, 0.6) is 0 Å². The van der Waals surface area contributed by atoms with Crippen molar-refractivity contribution in [3.05, 3.63) is 29.8 Å². The molecule has 3 rings (SSSR count). The van der Waals surface area contributed by atoms with E-state index in [1.165, 1.54) is 17.7 Å². The van der Waals surface area contributed by atoms with Crippen LogP contribution in [0.1, 0.15) is 25.3 Å². The third-order valence-electron chi connectivity index (χ3n) is 4.79. The number of benzene rings is 1. The van der Waals surface area contributed by atoms with Gasteiger partial charge in [-0.25, -0.2) is 0 Å². The van der Waals surface area contributed by atoms with Crippen LogP contribution in [-0.4, -0.2) is 37.1 Å². The van der Waals surface area contributed by atoms with E-state index in [4.69, 9.17) is 5.26 Å². The molecule has 3 heteroatoms. The molecule has 1 aromatic carbocycles. The van der Waals surface area contributed by atoms with Crippen LogP contribution in [0.2, 0.25) is 0 Å². The quantitative estimate of drug-likeness (QED) is 0.845. The first-order valence-corrected chi connectivity index (χ1v) is 7.77. The molecular formula is C17H23N3. The molecule has 106 valence electrons. The van der Waals surface area contributed by atoms with Crippen molar-refractivity contribution in [3.63, 3.8) is 0 Å². The van der Waals surface area contributed by atoms with Crippen molar-refractivity contribution in [3.8, 4) is 6.07 Å². The highest BCUT2D eigenvalue weighted by Crippen LogP contribution is 2.27. The van der Waals surface area contributed by atoms with Crippen molar-refractivity contribution in [1.82, 2.24) is 4.90 Å². The Labute approximate surface area is 121 Å². The Morgan fingerprint density at radius 3 is 2.60 bits per heavy atom. The molecule has 0 N–H and O–H groups in total. The number of aryl methyl sites for hydroxylation is 1. The Morgan fingerprint density at radius 1 is 1.15 bits per heavy atom. The summed E-state index contributed by atoms with van der Waals surface area (Å²) in [5, 5.41) is 9.02. The summed E-state index contributed by atoms with van der Waals surface area (Å²) in [6, 6.07) is 12.0. The monoisotopic (exact) mass is 269 g/mol. The van der Waals surface area contributed by atoms with Gasteiger partial charge >= 0.3 is 0 Å². The SMILES string of the molecule is CCc1ccc(N2CCC(N3CCC(C#N)C3)C2)cc1. The van der Waals surface area contributed by atoms with Gasteiger partial charge in [0.25, 0.3) is 0 Å². The molecule has 1 aromatic rings. The van der Waals surface area contributed by atoms with Gasteiger partial charge < -0.3 is 4.90 Å². The van der Waals surface area contributed by atoms with Gasteiger partial charge in [-0.05, 0) is 43.5 Å². The molecule has 2 atom stereocenters. The van der Waals surface area contributed by atoms with Crippen LogP contribution in [0.15, 0.2) is 24.3 Å². The Morgan fingerprint density at radius 2 is 1.95 bits per heavy atom. The topological polar surface area (TPSA) is 30.3 Å². The number of nitriles is 1. The maximum atomic E-state index is 9.02. The summed E-state index contributed by atoms with van der Waals surface area (Å²) >= 11 is 0. The predicted octanol–water partition coefficient (Wildman–Crippen LogP) is 2.67. The lowest BCUT2D eigenvalue weighted by Gasteiger charge is -2.24. The number of hydrogen-bond donors (Lipinski definition) is 0. The summed E-state index contributed by atoms with van der Waals surface area (Å²) in [6.45, 7) is 6.53. The highest BCUT2D eigenvalue weighted by Gasteiger charge is 2.32. The van der Waals surface area contributed by atoms with Gasteiger partial charge in [-0.2, -0.15) is 5.26 Å². The molecule has 0 amide bonds. The molecule has 2 aliphatic heterocycles. The lowest BCUT2D eigenvalue weighted by molar-refractivity contribution is 0.255. The molecule has 2 heterocycles. The van der Waals surface area contributed by atoms with Gasteiger partial charge in [0, 0.05) is 31.4 Å². The molecule has 0 saturated carbocycles. The average molecular weight is 269 g/mol. The van der Waals surface area contributed by atoms with Gasteiger partial charge in [-0.15, -0.1) is 0 Å². The van der Waals surface area contributed by atoms with Crippen molar-refractivity contribution >= 4 is 5.69 Å². The zero-order chi connectivity index (χ0) is 13.9. The van der Waals surface area contributed by atoms with Crippen LogP contribution < -0.4 is 4.90 Å². The fourth-order valence-corrected chi connectivity index (χ4v) is 3.44. The molecule has 2 saturated heterocycles. The van der Waals surface area contributed by atoms with Crippen molar-refractivity contribution in [2.24, 2.45) is 5.92 Å². The van der Waals surface area contributed by atoms with E-state index in [0.717, 1.165) is 39.0 Å². The maximum Gasteiger partial charge on any atom is 0.0669 e. The molecule has 0 radical (unpaired) electrons. The fraction of sp³-hybridized carbons (Fsp3) is 0.588. The standard InChI is InChI=1S/C17H23N3/c1-2-14-3-5-16(6-4-14)20-10-8-17(13-20)19-9-7-15(11-18)12-19/h3-6,15,17H,2,7-10,12-13H2,1H3. The van der Waals surface area contributed by atoms with Gasteiger partial charge in [-0.1, -0.05) is 19.1 Å². The Kier molecular flexibility index (Phi) is 3.93. The molecule has 2 fully saturated rings. The summed E-state index contributed by atoms with van der Waals surface area (Å²) in [5.41, 5.74) is 2.75. The predicted molar refractivity (Wildman–Crippen MR) is 81.7 cm³/mol. The third-order valence-corrected chi connectivity index (χ3v) is 4.79. The van der Waals surface area contributed by atoms with Gasteiger partial charge in [0.05, 0.1) is 12.0 Å². The molecule has 2 aliphatic rings. The van der Waals surface area contributed by atoms with Crippen molar-refractivity contribution in [2.75, 3.05) is 31.1 Å². The lowest BCUT2D eigenvalue weighted by atomic mass is 10.1. The molecule has 0 aliphatic carbocycles. The van der Waals surface area contributed by atoms with Gasteiger partial charge in [-0.3, -0.25) is 4.90 Å². The lowest BCUT2D eigenvalue weighted by Crippen LogP contribution is -2.35. The van der Waals surface area contributed by atoms with Crippen molar-refractivity contribution in [2.45, 2.75) is 32.2 Å². The van der Waals surface area contributed by atoms with E-state index in [-0.39, 0.29) is 5.92 Å². The second-order valence-corrected chi connectivity index (χ2v) is 6.02. The second kappa shape index (κ2) is 5.85. The Balaban J connectivity index is 1.60. The normalized spacial score (nSPS) is 26.9. The van der Waals surface area contributed by atoms with E-state index >= 15 is 0 Å². The van der Waals surface area contributed by atoms with Crippen LogP contribution in [-0.2, 0) is 6.42 Å². The summed E-state index contributed by atoms with van der Waals surface area (Å²) in [4.78, 5) is 5.01. The Hall–Kier alpha value is -1.53. The first kappa shape index (κ1) is 13.5. The van der Waals surface area contributed by atoms with Crippen LogP contribution in [0.3, 0.4) is 0 Å². The molecule has 3 nitrogen and oxygen atoms in total. The van der Waals surface area contributed by atoms with E-state index in [9.17, 15) is 0 Å².